The normalized spacial score (nSPS) is 11.1. The molecule has 2 aromatic rings. The molecular weight excluding hydrogens is 208 g/mol. The number of rotatable bonds is 3. The number of H-pyrrole nitrogens is 1. The van der Waals surface area contributed by atoms with Crippen molar-refractivity contribution in [2.75, 3.05) is 7.11 Å². The fourth-order valence-electron chi connectivity index (χ4n) is 1.62. The van der Waals surface area contributed by atoms with Crippen LogP contribution in [0.5, 0.6) is 5.75 Å². The zero-order chi connectivity index (χ0) is 11.5. The zero-order valence-electron chi connectivity index (χ0n) is 8.64. The number of fused-ring (bicyclic) bond motifs is 1. The second kappa shape index (κ2) is 4.06. The number of methoxy groups -OCH3 is 1. The van der Waals surface area contributed by atoms with Crippen LogP contribution in [0.25, 0.3) is 17.0 Å². The van der Waals surface area contributed by atoms with Crippen molar-refractivity contribution in [1.82, 2.24) is 4.98 Å². The molecule has 16 heavy (non-hydrogen) atoms. The van der Waals surface area contributed by atoms with Gasteiger partial charge in [-0.2, -0.15) is 0 Å². The maximum atomic E-state index is 10.3. The minimum atomic E-state index is -0.492. The molecular formula is C11H10N2O3. The summed E-state index contributed by atoms with van der Waals surface area (Å²) in [4.78, 5) is 12.8. The van der Waals surface area contributed by atoms with E-state index in [1.807, 2.05) is 18.2 Å². The second-order valence-corrected chi connectivity index (χ2v) is 3.23. The van der Waals surface area contributed by atoms with Crippen molar-refractivity contribution >= 4 is 17.0 Å². The fourth-order valence-corrected chi connectivity index (χ4v) is 1.62. The Morgan fingerprint density at radius 2 is 2.31 bits per heavy atom. The summed E-state index contributed by atoms with van der Waals surface area (Å²) >= 11 is 0. The predicted molar refractivity (Wildman–Crippen MR) is 60.9 cm³/mol. The molecule has 1 aromatic carbocycles. The molecule has 0 aliphatic rings. The van der Waals surface area contributed by atoms with E-state index in [1.54, 1.807) is 13.3 Å². The van der Waals surface area contributed by atoms with E-state index in [-0.39, 0.29) is 0 Å². The number of nitro groups is 1. The first-order valence-corrected chi connectivity index (χ1v) is 4.68. The van der Waals surface area contributed by atoms with Gasteiger partial charge >= 0.3 is 0 Å². The molecule has 1 heterocycles. The summed E-state index contributed by atoms with van der Waals surface area (Å²) < 4.78 is 5.21. The fraction of sp³-hybridized carbons (Fsp3) is 0.0909. The summed E-state index contributed by atoms with van der Waals surface area (Å²) in [6.45, 7) is 0. The molecule has 0 saturated carbocycles. The first kappa shape index (κ1) is 10.2. The summed E-state index contributed by atoms with van der Waals surface area (Å²) in [6.07, 6.45) is 4.07. The lowest BCUT2D eigenvalue weighted by Gasteiger charge is -2.01. The Bertz CT molecular complexity index is 557. The van der Waals surface area contributed by atoms with Gasteiger partial charge in [-0.05, 0) is 12.1 Å². The third kappa shape index (κ3) is 1.75. The lowest BCUT2D eigenvalue weighted by atomic mass is 10.1. The summed E-state index contributed by atoms with van der Waals surface area (Å²) in [6, 6.07) is 5.57. The quantitative estimate of drug-likeness (QED) is 0.635. The Labute approximate surface area is 91.5 Å². The highest BCUT2D eigenvalue weighted by Crippen LogP contribution is 2.29. The van der Waals surface area contributed by atoms with Crippen molar-refractivity contribution in [1.29, 1.82) is 0 Å². The van der Waals surface area contributed by atoms with Crippen molar-refractivity contribution in [3.8, 4) is 5.75 Å². The maximum absolute atomic E-state index is 10.3. The van der Waals surface area contributed by atoms with E-state index in [4.69, 9.17) is 4.74 Å². The van der Waals surface area contributed by atoms with Crippen LogP contribution in [0.3, 0.4) is 0 Å². The van der Waals surface area contributed by atoms with Crippen LogP contribution in [0.4, 0.5) is 0 Å². The number of hydrogen-bond donors (Lipinski definition) is 1. The molecule has 0 unspecified atom stereocenters. The predicted octanol–water partition coefficient (Wildman–Crippen LogP) is 2.42. The third-order valence-electron chi connectivity index (χ3n) is 2.29. The van der Waals surface area contributed by atoms with Gasteiger partial charge in [0.1, 0.15) is 5.75 Å². The Morgan fingerprint density at radius 1 is 1.50 bits per heavy atom. The number of ether oxygens (including phenoxy) is 1. The van der Waals surface area contributed by atoms with E-state index >= 15 is 0 Å². The molecule has 0 saturated heterocycles. The van der Waals surface area contributed by atoms with Gasteiger partial charge in [0, 0.05) is 28.7 Å². The number of benzene rings is 1. The molecule has 2 rings (SSSR count). The van der Waals surface area contributed by atoms with Crippen molar-refractivity contribution in [3.05, 3.63) is 46.3 Å². The van der Waals surface area contributed by atoms with Crippen LogP contribution in [0.15, 0.2) is 30.6 Å². The van der Waals surface area contributed by atoms with Crippen molar-refractivity contribution < 1.29 is 9.66 Å². The highest BCUT2D eigenvalue weighted by Gasteiger charge is 2.07. The third-order valence-corrected chi connectivity index (χ3v) is 2.29. The van der Waals surface area contributed by atoms with Gasteiger partial charge in [-0.25, -0.2) is 0 Å². The van der Waals surface area contributed by atoms with Crippen LogP contribution in [0, 0.1) is 10.1 Å². The van der Waals surface area contributed by atoms with Crippen LogP contribution in [-0.4, -0.2) is 17.0 Å². The highest BCUT2D eigenvalue weighted by molar-refractivity contribution is 5.93. The van der Waals surface area contributed by atoms with Crippen LogP contribution < -0.4 is 4.74 Å². The van der Waals surface area contributed by atoms with E-state index in [2.05, 4.69) is 4.98 Å². The zero-order valence-corrected chi connectivity index (χ0v) is 8.64. The Morgan fingerprint density at radius 3 is 3.00 bits per heavy atom. The van der Waals surface area contributed by atoms with E-state index < -0.39 is 4.92 Å². The van der Waals surface area contributed by atoms with Gasteiger partial charge in [0.15, 0.2) is 0 Å². The maximum Gasteiger partial charge on any atom is 0.235 e. The van der Waals surface area contributed by atoms with E-state index in [0.717, 1.165) is 22.7 Å². The smallest absolute Gasteiger partial charge is 0.235 e. The van der Waals surface area contributed by atoms with E-state index in [9.17, 15) is 10.1 Å². The number of nitrogens with one attached hydrogen (secondary N) is 1. The van der Waals surface area contributed by atoms with Gasteiger partial charge in [-0.15, -0.1) is 0 Å². The minimum Gasteiger partial charge on any atom is -0.496 e. The summed E-state index contributed by atoms with van der Waals surface area (Å²) in [5.41, 5.74) is 1.63. The van der Waals surface area contributed by atoms with Gasteiger partial charge in [0.05, 0.1) is 12.0 Å². The highest BCUT2D eigenvalue weighted by atomic mass is 16.6. The van der Waals surface area contributed by atoms with Gasteiger partial charge in [0.2, 0.25) is 6.20 Å². The molecule has 5 heteroatoms. The van der Waals surface area contributed by atoms with E-state index in [0.29, 0.717) is 5.75 Å². The standard InChI is InChI=1S/C11H10N2O3/c1-16-10-4-2-3-9-11(10)8(7-12-9)5-6-13(14)15/h2-7,12H,1H3/b6-5+. The Hall–Kier alpha value is -2.30. The molecule has 5 nitrogen and oxygen atoms in total. The Balaban J connectivity index is 2.58. The number of hydrogen-bond acceptors (Lipinski definition) is 3. The van der Waals surface area contributed by atoms with Gasteiger partial charge in [-0.1, -0.05) is 6.07 Å². The molecule has 0 bridgehead atoms. The largest absolute Gasteiger partial charge is 0.496 e. The summed E-state index contributed by atoms with van der Waals surface area (Å²) in [7, 11) is 1.57. The van der Waals surface area contributed by atoms with Crippen molar-refractivity contribution in [2.45, 2.75) is 0 Å². The molecule has 0 aliphatic heterocycles. The minimum absolute atomic E-state index is 0.492. The lowest BCUT2D eigenvalue weighted by molar-refractivity contribution is -0.400. The first-order valence-electron chi connectivity index (χ1n) is 4.68. The number of aromatic amines is 1. The number of nitrogens with zero attached hydrogens (tertiary/aromatic N) is 1. The molecule has 0 amide bonds. The molecule has 0 radical (unpaired) electrons. The molecule has 0 atom stereocenters. The average molecular weight is 218 g/mol. The SMILES string of the molecule is COc1cccc2[nH]cc(/C=C/[N+](=O)[O-])c12. The van der Waals surface area contributed by atoms with Crippen molar-refractivity contribution in [3.63, 3.8) is 0 Å². The average Bonchev–Trinajstić information content (AvgIpc) is 2.69. The number of aromatic nitrogens is 1. The van der Waals surface area contributed by atoms with Gasteiger partial charge < -0.3 is 9.72 Å². The van der Waals surface area contributed by atoms with Gasteiger partial charge in [0.25, 0.3) is 0 Å². The van der Waals surface area contributed by atoms with Crippen LogP contribution in [-0.2, 0) is 0 Å². The van der Waals surface area contributed by atoms with Crippen LogP contribution in [0.1, 0.15) is 5.56 Å². The molecule has 0 spiro atoms. The second-order valence-electron chi connectivity index (χ2n) is 3.23. The topological polar surface area (TPSA) is 68.2 Å². The van der Waals surface area contributed by atoms with Crippen LogP contribution in [0.2, 0.25) is 0 Å². The lowest BCUT2D eigenvalue weighted by Crippen LogP contribution is -1.85. The molecule has 1 aromatic heterocycles. The summed E-state index contributed by atoms with van der Waals surface area (Å²) in [5.74, 6) is 0.696. The molecule has 0 aliphatic carbocycles. The Kier molecular flexibility index (Phi) is 2.59. The van der Waals surface area contributed by atoms with Crippen LogP contribution >= 0.6 is 0 Å². The van der Waals surface area contributed by atoms with Crippen molar-refractivity contribution in [2.24, 2.45) is 0 Å². The van der Waals surface area contributed by atoms with E-state index in [1.165, 1.54) is 6.08 Å². The summed E-state index contributed by atoms with van der Waals surface area (Å²) in [5, 5.41) is 11.1. The molecule has 82 valence electrons. The first-order chi connectivity index (χ1) is 7.72. The van der Waals surface area contributed by atoms with Gasteiger partial charge in [-0.3, -0.25) is 10.1 Å². The monoisotopic (exact) mass is 218 g/mol. The molecule has 0 fully saturated rings. The molecule has 1 N–H and O–H groups in total.